The Labute approximate surface area is 164 Å². The summed E-state index contributed by atoms with van der Waals surface area (Å²) in [7, 11) is 4.53. The highest BCUT2D eigenvalue weighted by molar-refractivity contribution is 6.05. The fraction of sp³-hybridized carbons (Fsp3) is 0.450. The van der Waals surface area contributed by atoms with E-state index in [0.717, 1.165) is 31.8 Å². The van der Waals surface area contributed by atoms with Crippen LogP contribution in [0.4, 0.5) is 11.6 Å². The van der Waals surface area contributed by atoms with Crippen LogP contribution in [0.1, 0.15) is 30.1 Å². The van der Waals surface area contributed by atoms with Crippen molar-refractivity contribution in [1.82, 2.24) is 9.97 Å². The summed E-state index contributed by atoms with van der Waals surface area (Å²) in [5.41, 5.74) is 0.900. The molecule has 0 spiro atoms. The van der Waals surface area contributed by atoms with Gasteiger partial charge in [-0.2, -0.15) is 0 Å². The van der Waals surface area contributed by atoms with E-state index in [9.17, 15) is 4.79 Å². The van der Waals surface area contributed by atoms with E-state index in [1.807, 2.05) is 0 Å². The third-order valence-electron chi connectivity index (χ3n) is 4.89. The van der Waals surface area contributed by atoms with Crippen LogP contribution >= 0.6 is 0 Å². The van der Waals surface area contributed by atoms with E-state index in [2.05, 4.69) is 27.1 Å². The molecule has 1 N–H and O–H groups in total. The molecule has 28 heavy (non-hydrogen) atoms. The second kappa shape index (κ2) is 8.77. The number of ether oxygens (including phenoxy) is 3. The molecule has 1 saturated heterocycles. The molecule has 1 amide bonds. The summed E-state index contributed by atoms with van der Waals surface area (Å²) in [6.45, 7) is 4.18. The zero-order valence-electron chi connectivity index (χ0n) is 16.7. The number of anilines is 2. The second-order valence-electron chi connectivity index (χ2n) is 6.81. The van der Waals surface area contributed by atoms with Gasteiger partial charge in [0.25, 0.3) is 5.91 Å². The number of amides is 1. The van der Waals surface area contributed by atoms with Crippen LogP contribution in [0.5, 0.6) is 17.2 Å². The van der Waals surface area contributed by atoms with E-state index in [-0.39, 0.29) is 5.91 Å². The molecule has 2 aromatic rings. The van der Waals surface area contributed by atoms with Crippen LogP contribution in [-0.4, -0.2) is 50.3 Å². The monoisotopic (exact) mass is 386 g/mol. The first kappa shape index (κ1) is 19.7. The maximum Gasteiger partial charge on any atom is 0.256 e. The van der Waals surface area contributed by atoms with Gasteiger partial charge >= 0.3 is 0 Å². The summed E-state index contributed by atoms with van der Waals surface area (Å²) < 4.78 is 15.9. The van der Waals surface area contributed by atoms with Gasteiger partial charge in [0.15, 0.2) is 11.5 Å². The highest BCUT2D eigenvalue weighted by Gasteiger charge is 2.19. The maximum atomic E-state index is 12.6. The number of carbonyl (C=O) groups is 1. The average Bonchev–Trinajstić information content (AvgIpc) is 2.73. The highest BCUT2D eigenvalue weighted by Crippen LogP contribution is 2.38. The molecule has 0 radical (unpaired) electrons. The smallest absolute Gasteiger partial charge is 0.256 e. The van der Waals surface area contributed by atoms with Crippen molar-refractivity contribution in [1.29, 1.82) is 0 Å². The Morgan fingerprint density at radius 3 is 2.11 bits per heavy atom. The number of nitrogens with one attached hydrogen (secondary N) is 1. The fourth-order valence-electron chi connectivity index (χ4n) is 3.17. The van der Waals surface area contributed by atoms with Crippen LogP contribution < -0.4 is 24.4 Å². The summed E-state index contributed by atoms with van der Waals surface area (Å²) in [5.74, 6) is 2.38. The molecule has 1 aromatic heterocycles. The van der Waals surface area contributed by atoms with Gasteiger partial charge in [-0.05, 0) is 30.9 Å². The van der Waals surface area contributed by atoms with Crippen molar-refractivity contribution in [3.63, 3.8) is 0 Å². The molecule has 0 bridgehead atoms. The minimum atomic E-state index is -0.317. The zero-order chi connectivity index (χ0) is 20.1. The van der Waals surface area contributed by atoms with Gasteiger partial charge in [-0.25, -0.2) is 9.97 Å². The van der Waals surface area contributed by atoms with Crippen molar-refractivity contribution < 1.29 is 19.0 Å². The maximum absolute atomic E-state index is 12.6. The molecule has 2 heterocycles. The lowest BCUT2D eigenvalue weighted by atomic mass is 10.00. The number of hydrogen-bond acceptors (Lipinski definition) is 7. The van der Waals surface area contributed by atoms with Gasteiger partial charge in [-0.15, -0.1) is 0 Å². The second-order valence-corrected chi connectivity index (χ2v) is 6.81. The lowest BCUT2D eigenvalue weighted by molar-refractivity contribution is 0.102. The number of rotatable bonds is 6. The number of nitrogens with zero attached hydrogens (tertiary/aromatic N) is 3. The quantitative estimate of drug-likeness (QED) is 0.817. The van der Waals surface area contributed by atoms with Gasteiger partial charge < -0.3 is 24.4 Å². The van der Waals surface area contributed by atoms with E-state index in [1.54, 1.807) is 24.5 Å². The SMILES string of the molecule is COc1cc(C(=O)Nc2cnc(N3CCC(C)CC3)nc2)cc(OC)c1OC. The van der Waals surface area contributed by atoms with Gasteiger partial charge in [0.2, 0.25) is 11.7 Å². The first-order valence-electron chi connectivity index (χ1n) is 9.24. The van der Waals surface area contributed by atoms with E-state index in [1.165, 1.54) is 21.3 Å². The number of aromatic nitrogens is 2. The Kier molecular flexibility index (Phi) is 6.18. The molecule has 3 rings (SSSR count). The van der Waals surface area contributed by atoms with E-state index < -0.39 is 0 Å². The normalized spacial score (nSPS) is 14.5. The summed E-state index contributed by atoms with van der Waals surface area (Å²) >= 11 is 0. The van der Waals surface area contributed by atoms with Crippen LogP contribution in [0.2, 0.25) is 0 Å². The minimum Gasteiger partial charge on any atom is -0.493 e. The summed E-state index contributed by atoms with van der Waals surface area (Å²) in [5, 5.41) is 2.80. The number of methoxy groups -OCH3 is 3. The van der Waals surface area contributed by atoms with Crippen molar-refractivity contribution >= 4 is 17.5 Å². The number of piperidine rings is 1. The Morgan fingerprint density at radius 1 is 1.04 bits per heavy atom. The van der Waals surface area contributed by atoms with Crippen LogP contribution in [0, 0.1) is 5.92 Å². The topological polar surface area (TPSA) is 85.8 Å². The van der Waals surface area contributed by atoms with Gasteiger partial charge in [-0.3, -0.25) is 4.79 Å². The van der Waals surface area contributed by atoms with Crippen LogP contribution in [0.15, 0.2) is 24.5 Å². The molecule has 1 aliphatic rings. The highest BCUT2D eigenvalue weighted by atomic mass is 16.5. The Bertz CT molecular complexity index is 792. The summed E-state index contributed by atoms with van der Waals surface area (Å²) in [4.78, 5) is 23.6. The molecule has 1 aromatic carbocycles. The van der Waals surface area contributed by atoms with Crippen LogP contribution in [0.3, 0.4) is 0 Å². The predicted octanol–water partition coefficient (Wildman–Crippen LogP) is 2.99. The first-order valence-corrected chi connectivity index (χ1v) is 9.24. The predicted molar refractivity (Wildman–Crippen MR) is 107 cm³/mol. The number of benzene rings is 1. The molecule has 1 aliphatic heterocycles. The van der Waals surface area contributed by atoms with E-state index in [0.29, 0.717) is 34.4 Å². The molecule has 0 saturated carbocycles. The Hall–Kier alpha value is -3.03. The molecule has 8 nitrogen and oxygen atoms in total. The van der Waals surface area contributed by atoms with Crippen molar-refractivity contribution in [3.8, 4) is 17.2 Å². The van der Waals surface area contributed by atoms with Crippen LogP contribution in [-0.2, 0) is 0 Å². The third kappa shape index (κ3) is 4.27. The molecule has 0 unspecified atom stereocenters. The van der Waals surface area contributed by atoms with Gasteiger partial charge in [0, 0.05) is 18.7 Å². The van der Waals surface area contributed by atoms with Crippen molar-refractivity contribution in [2.45, 2.75) is 19.8 Å². The standard InChI is InChI=1S/C20H26N4O4/c1-13-5-7-24(8-6-13)20-21-11-15(12-22-20)23-19(25)14-9-16(26-2)18(28-4)17(10-14)27-3/h9-13H,5-8H2,1-4H3,(H,23,25). The average molecular weight is 386 g/mol. The largest absolute Gasteiger partial charge is 0.493 e. The molecule has 1 fully saturated rings. The fourth-order valence-corrected chi connectivity index (χ4v) is 3.17. The van der Waals surface area contributed by atoms with Gasteiger partial charge in [0.05, 0.1) is 39.4 Å². The molecule has 150 valence electrons. The molecular weight excluding hydrogens is 360 g/mol. The molecular formula is C20H26N4O4. The zero-order valence-corrected chi connectivity index (χ0v) is 16.7. The van der Waals surface area contributed by atoms with Crippen molar-refractivity contribution in [3.05, 3.63) is 30.1 Å². The molecule has 0 aliphatic carbocycles. The minimum absolute atomic E-state index is 0.317. The van der Waals surface area contributed by atoms with E-state index in [4.69, 9.17) is 14.2 Å². The summed E-state index contributed by atoms with van der Waals surface area (Å²) in [6, 6.07) is 3.20. The Morgan fingerprint density at radius 2 is 1.61 bits per heavy atom. The lowest BCUT2D eigenvalue weighted by Crippen LogP contribution is -2.34. The first-order chi connectivity index (χ1) is 13.5. The molecule has 0 atom stereocenters. The van der Waals surface area contributed by atoms with Crippen molar-refractivity contribution in [2.24, 2.45) is 5.92 Å². The lowest BCUT2D eigenvalue weighted by Gasteiger charge is -2.30. The van der Waals surface area contributed by atoms with Gasteiger partial charge in [-0.1, -0.05) is 6.92 Å². The molecule has 8 heteroatoms. The van der Waals surface area contributed by atoms with Crippen LogP contribution in [0.25, 0.3) is 0 Å². The number of hydrogen-bond donors (Lipinski definition) is 1. The Balaban J connectivity index is 1.72. The van der Waals surface area contributed by atoms with Gasteiger partial charge in [0.1, 0.15) is 0 Å². The summed E-state index contributed by atoms with van der Waals surface area (Å²) in [6.07, 6.45) is 5.53. The van der Waals surface area contributed by atoms with Crippen molar-refractivity contribution in [2.75, 3.05) is 44.6 Å². The number of carbonyl (C=O) groups excluding carboxylic acids is 1. The third-order valence-corrected chi connectivity index (χ3v) is 4.89. The van der Waals surface area contributed by atoms with E-state index >= 15 is 0 Å².